The summed E-state index contributed by atoms with van der Waals surface area (Å²) in [5.74, 6) is 0.761. The summed E-state index contributed by atoms with van der Waals surface area (Å²) in [5, 5.41) is 10.4. The van der Waals surface area contributed by atoms with E-state index in [4.69, 9.17) is 4.74 Å². The molecule has 3 aromatic rings. The Kier molecular flexibility index (Phi) is 6.72. The number of fused-ring (bicyclic) bond motifs is 1. The number of aryl methyl sites for hydroxylation is 2. The van der Waals surface area contributed by atoms with Crippen LogP contribution in [0.3, 0.4) is 0 Å². The molecule has 1 aliphatic carbocycles. The van der Waals surface area contributed by atoms with Crippen LogP contribution in [0.1, 0.15) is 45.5 Å². The lowest BCUT2D eigenvalue weighted by Crippen LogP contribution is -1.99. The van der Waals surface area contributed by atoms with Gasteiger partial charge in [-0.2, -0.15) is 5.26 Å². The van der Waals surface area contributed by atoms with Crippen LogP contribution in [0.2, 0.25) is 0 Å². The number of aliphatic imine (C=N–C) groups is 1. The van der Waals surface area contributed by atoms with E-state index < -0.39 is 0 Å². The predicted molar refractivity (Wildman–Crippen MR) is 130 cm³/mol. The zero-order chi connectivity index (χ0) is 21.1. The van der Waals surface area contributed by atoms with Crippen molar-refractivity contribution in [2.45, 2.75) is 39.2 Å². The molecule has 4 rings (SSSR count). The van der Waals surface area contributed by atoms with Crippen molar-refractivity contribution >= 4 is 54.4 Å². The minimum atomic E-state index is 0.497. The van der Waals surface area contributed by atoms with Gasteiger partial charge < -0.3 is 4.74 Å². The molecule has 0 fully saturated rings. The van der Waals surface area contributed by atoms with E-state index in [9.17, 15) is 5.26 Å². The van der Waals surface area contributed by atoms with Gasteiger partial charge >= 0.3 is 0 Å². The number of nitriles is 1. The standard InChI is InChI=1S/C24H20Br2N2OS/c1-15-6-8-16(9-7-15)14-29-23-20(25)10-17(11-21(23)26)13-28-24-19(12-27)18-4-2-3-5-22(18)30-24/h6-11,13H,2-5,14H2,1H3/b28-13+. The Hall–Kier alpha value is -1.94. The highest BCUT2D eigenvalue weighted by atomic mass is 79.9. The molecule has 1 aliphatic rings. The SMILES string of the molecule is Cc1ccc(COc2c(Br)cc(/C=N/c3sc4c(c3C#N)CCCC4)cc2Br)cc1. The first kappa shape index (κ1) is 21.3. The van der Waals surface area contributed by atoms with E-state index in [1.807, 2.05) is 18.3 Å². The van der Waals surface area contributed by atoms with E-state index in [0.29, 0.717) is 6.61 Å². The topological polar surface area (TPSA) is 45.4 Å². The van der Waals surface area contributed by atoms with Gasteiger partial charge in [-0.05, 0) is 93.3 Å². The molecule has 6 heteroatoms. The molecule has 0 saturated carbocycles. The lowest BCUT2D eigenvalue weighted by atomic mass is 9.96. The van der Waals surface area contributed by atoms with Gasteiger partial charge in [-0.15, -0.1) is 11.3 Å². The van der Waals surface area contributed by atoms with Crippen molar-refractivity contribution in [1.29, 1.82) is 5.26 Å². The van der Waals surface area contributed by atoms with Gasteiger partial charge in [0, 0.05) is 11.1 Å². The van der Waals surface area contributed by atoms with Crippen LogP contribution in [0.4, 0.5) is 5.00 Å². The molecule has 0 unspecified atom stereocenters. The van der Waals surface area contributed by atoms with Gasteiger partial charge in [0.25, 0.3) is 0 Å². The van der Waals surface area contributed by atoms with Gasteiger partial charge in [-0.25, -0.2) is 4.99 Å². The maximum absolute atomic E-state index is 9.60. The maximum Gasteiger partial charge on any atom is 0.148 e. The molecule has 152 valence electrons. The van der Waals surface area contributed by atoms with E-state index in [1.165, 1.54) is 22.4 Å². The van der Waals surface area contributed by atoms with Gasteiger partial charge in [-0.1, -0.05) is 29.8 Å². The highest BCUT2D eigenvalue weighted by molar-refractivity contribution is 9.11. The minimum Gasteiger partial charge on any atom is -0.487 e. The second kappa shape index (κ2) is 9.47. The number of ether oxygens (including phenoxy) is 1. The number of halogens is 2. The number of benzene rings is 2. The summed E-state index contributed by atoms with van der Waals surface area (Å²) < 4.78 is 7.74. The minimum absolute atomic E-state index is 0.497. The van der Waals surface area contributed by atoms with Crippen LogP contribution in [0.25, 0.3) is 0 Å². The average molecular weight is 544 g/mol. The second-order valence-electron chi connectivity index (χ2n) is 7.35. The summed E-state index contributed by atoms with van der Waals surface area (Å²) in [7, 11) is 0. The van der Waals surface area contributed by atoms with Crippen molar-refractivity contribution in [3.63, 3.8) is 0 Å². The van der Waals surface area contributed by atoms with Crippen LogP contribution in [0, 0.1) is 18.3 Å². The monoisotopic (exact) mass is 542 g/mol. The smallest absolute Gasteiger partial charge is 0.148 e. The summed E-state index contributed by atoms with van der Waals surface area (Å²) in [6.45, 7) is 2.57. The number of nitrogens with zero attached hydrogens (tertiary/aromatic N) is 2. The van der Waals surface area contributed by atoms with Crippen molar-refractivity contribution in [1.82, 2.24) is 0 Å². The van der Waals surface area contributed by atoms with E-state index in [0.717, 1.165) is 55.6 Å². The molecule has 0 atom stereocenters. The fourth-order valence-electron chi connectivity index (χ4n) is 3.52. The second-order valence-corrected chi connectivity index (χ2v) is 10.1. The first-order chi connectivity index (χ1) is 14.5. The Morgan fingerprint density at radius 1 is 1.13 bits per heavy atom. The number of thiophene rings is 1. The summed E-state index contributed by atoms with van der Waals surface area (Å²) in [5.41, 5.74) is 5.25. The van der Waals surface area contributed by atoms with Gasteiger partial charge in [0.2, 0.25) is 0 Å². The highest BCUT2D eigenvalue weighted by Crippen LogP contribution is 2.40. The van der Waals surface area contributed by atoms with Crippen LogP contribution in [-0.4, -0.2) is 6.21 Å². The molecule has 2 aromatic carbocycles. The predicted octanol–water partition coefficient (Wildman–Crippen LogP) is 7.66. The Morgan fingerprint density at radius 2 is 1.83 bits per heavy atom. The third-order valence-corrected chi connectivity index (χ3v) is 7.50. The van der Waals surface area contributed by atoms with Crippen LogP contribution in [-0.2, 0) is 19.4 Å². The average Bonchev–Trinajstić information content (AvgIpc) is 3.10. The van der Waals surface area contributed by atoms with Crippen LogP contribution >= 0.6 is 43.2 Å². The first-order valence-electron chi connectivity index (χ1n) is 9.81. The van der Waals surface area contributed by atoms with Gasteiger partial charge in [0.1, 0.15) is 23.4 Å². The fraction of sp³-hybridized carbons (Fsp3) is 0.250. The lowest BCUT2D eigenvalue weighted by Gasteiger charge is -2.11. The van der Waals surface area contributed by atoms with Gasteiger partial charge in [0.05, 0.1) is 14.5 Å². The third kappa shape index (κ3) is 4.69. The Balaban J connectivity index is 1.53. The van der Waals surface area contributed by atoms with Gasteiger partial charge in [0.15, 0.2) is 0 Å². The van der Waals surface area contributed by atoms with Crippen LogP contribution in [0.5, 0.6) is 5.75 Å². The molecule has 1 heterocycles. The molecular weight excluding hydrogens is 524 g/mol. The summed E-state index contributed by atoms with van der Waals surface area (Å²) in [4.78, 5) is 5.98. The van der Waals surface area contributed by atoms with Gasteiger partial charge in [-0.3, -0.25) is 0 Å². The van der Waals surface area contributed by atoms with Crippen molar-refractivity contribution < 1.29 is 4.74 Å². The summed E-state index contributed by atoms with van der Waals surface area (Å²) in [6.07, 6.45) is 6.23. The molecule has 0 amide bonds. The quantitative estimate of drug-likeness (QED) is 0.310. The Morgan fingerprint density at radius 3 is 2.53 bits per heavy atom. The fourth-order valence-corrected chi connectivity index (χ4v) is 6.16. The summed E-state index contributed by atoms with van der Waals surface area (Å²) in [6, 6.07) is 14.7. The van der Waals surface area contributed by atoms with Crippen molar-refractivity contribution in [2.24, 2.45) is 4.99 Å². The summed E-state index contributed by atoms with van der Waals surface area (Å²) >= 11 is 8.89. The molecule has 0 radical (unpaired) electrons. The van der Waals surface area contributed by atoms with Crippen LogP contribution < -0.4 is 4.74 Å². The molecule has 3 nitrogen and oxygen atoms in total. The zero-order valence-corrected chi connectivity index (χ0v) is 20.5. The Labute approximate surface area is 197 Å². The number of hydrogen-bond donors (Lipinski definition) is 0. The number of hydrogen-bond acceptors (Lipinski definition) is 4. The molecule has 0 spiro atoms. The largest absolute Gasteiger partial charge is 0.487 e. The normalized spacial score (nSPS) is 13.3. The van der Waals surface area contributed by atoms with Crippen molar-refractivity contribution in [2.75, 3.05) is 0 Å². The maximum atomic E-state index is 9.60. The van der Waals surface area contributed by atoms with E-state index in [-0.39, 0.29) is 0 Å². The highest BCUT2D eigenvalue weighted by Gasteiger charge is 2.20. The molecule has 0 aliphatic heterocycles. The molecule has 0 saturated heterocycles. The molecular formula is C24H20Br2N2OS. The first-order valence-corrected chi connectivity index (χ1v) is 12.2. The molecule has 0 N–H and O–H groups in total. The molecule has 0 bridgehead atoms. The Bertz CT molecular complexity index is 1120. The third-order valence-electron chi connectivity index (χ3n) is 5.12. The van der Waals surface area contributed by atoms with Crippen molar-refractivity contribution in [3.8, 4) is 11.8 Å². The van der Waals surface area contributed by atoms with E-state index in [1.54, 1.807) is 11.3 Å². The van der Waals surface area contributed by atoms with Crippen molar-refractivity contribution in [3.05, 3.63) is 78.0 Å². The van der Waals surface area contributed by atoms with Crippen LogP contribution in [0.15, 0.2) is 50.3 Å². The van der Waals surface area contributed by atoms with E-state index in [2.05, 4.69) is 74.1 Å². The molecule has 30 heavy (non-hydrogen) atoms. The zero-order valence-electron chi connectivity index (χ0n) is 16.5. The number of rotatable bonds is 5. The molecule has 1 aromatic heterocycles. The van der Waals surface area contributed by atoms with E-state index >= 15 is 0 Å². The lowest BCUT2D eigenvalue weighted by molar-refractivity contribution is 0.302.